The van der Waals surface area contributed by atoms with Crippen LogP contribution in [0.15, 0.2) is 16.6 Å². The SMILES string of the molecule is CCC(N)C(Oc1cc(F)c(Cl)cc1Br)C(F)(F)F. The first-order chi connectivity index (χ1) is 8.66. The molecule has 2 N–H and O–H groups in total. The molecule has 0 amide bonds. The third-order valence-corrected chi connectivity index (χ3v) is 3.32. The van der Waals surface area contributed by atoms with Crippen LogP contribution < -0.4 is 10.5 Å². The van der Waals surface area contributed by atoms with Crippen molar-refractivity contribution in [3.63, 3.8) is 0 Å². The fraction of sp³-hybridized carbons (Fsp3) is 0.455. The highest BCUT2D eigenvalue weighted by Gasteiger charge is 2.45. The van der Waals surface area contributed by atoms with Crippen LogP contribution in [0.25, 0.3) is 0 Å². The lowest BCUT2D eigenvalue weighted by atomic mass is 10.1. The number of benzene rings is 1. The van der Waals surface area contributed by atoms with Crippen molar-refractivity contribution in [3.8, 4) is 5.75 Å². The van der Waals surface area contributed by atoms with Crippen LogP contribution in [0.3, 0.4) is 0 Å². The Morgan fingerprint density at radius 1 is 1.42 bits per heavy atom. The average Bonchev–Trinajstić information content (AvgIpc) is 2.29. The first-order valence-corrected chi connectivity index (χ1v) is 6.47. The molecule has 0 aliphatic rings. The summed E-state index contributed by atoms with van der Waals surface area (Å²) < 4.78 is 56.6. The molecule has 2 nitrogen and oxygen atoms in total. The van der Waals surface area contributed by atoms with E-state index in [-0.39, 0.29) is 21.7 Å². The van der Waals surface area contributed by atoms with Crippen LogP contribution in [-0.4, -0.2) is 18.3 Å². The number of hydrogen-bond donors (Lipinski definition) is 1. The van der Waals surface area contributed by atoms with Crippen molar-refractivity contribution in [1.82, 2.24) is 0 Å². The van der Waals surface area contributed by atoms with Gasteiger partial charge in [0.25, 0.3) is 0 Å². The van der Waals surface area contributed by atoms with Gasteiger partial charge in [0, 0.05) is 6.07 Å². The first kappa shape index (κ1) is 16.5. The Labute approximate surface area is 121 Å². The highest BCUT2D eigenvalue weighted by Crippen LogP contribution is 2.34. The Morgan fingerprint density at radius 3 is 2.47 bits per heavy atom. The fourth-order valence-electron chi connectivity index (χ4n) is 1.34. The molecule has 0 saturated heterocycles. The molecule has 0 aromatic heterocycles. The Bertz CT molecular complexity index is 455. The minimum atomic E-state index is -4.65. The summed E-state index contributed by atoms with van der Waals surface area (Å²) in [4.78, 5) is 0. The lowest BCUT2D eigenvalue weighted by Crippen LogP contribution is -2.48. The summed E-state index contributed by atoms with van der Waals surface area (Å²) in [5.41, 5.74) is 5.39. The van der Waals surface area contributed by atoms with Gasteiger partial charge in [0.2, 0.25) is 6.10 Å². The maximum absolute atomic E-state index is 13.2. The molecule has 19 heavy (non-hydrogen) atoms. The molecule has 108 valence electrons. The zero-order chi connectivity index (χ0) is 14.8. The summed E-state index contributed by atoms with van der Waals surface area (Å²) in [5.74, 6) is -1.17. The van der Waals surface area contributed by atoms with Crippen LogP contribution in [0.2, 0.25) is 5.02 Å². The third kappa shape index (κ3) is 4.22. The Kier molecular flexibility index (Phi) is 5.46. The van der Waals surface area contributed by atoms with Crippen molar-refractivity contribution in [2.24, 2.45) is 5.73 Å². The van der Waals surface area contributed by atoms with Crippen molar-refractivity contribution >= 4 is 27.5 Å². The van der Waals surface area contributed by atoms with Gasteiger partial charge in [-0.3, -0.25) is 0 Å². The number of nitrogens with two attached hydrogens (primary N) is 1. The van der Waals surface area contributed by atoms with Crippen LogP contribution >= 0.6 is 27.5 Å². The highest BCUT2D eigenvalue weighted by atomic mass is 79.9. The van der Waals surface area contributed by atoms with Crippen molar-refractivity contribution in [1.29, 1.82) is 0 Å². The largest absolute Gasteiger partial charge is 0.478 e. The average molecular weight is 365 g/mol. The van der Waals surface area contributed by atoms with Crippen molar-refractivity contribution in [2.75, 3.05) is 0 Å². The fourth-order valence-corrected chi connectivity index (χ4v) is 2.07. The first-order valence-electron chi connectivity index (χ1n) is 5.30. The van der Waals surface area contributed by atoms with Gasteiger partial charge in [0.05, 0.1) is 15.5 Å². The summed E-state index contributed by atoms with van der Waals surface area (Å²) in [6, 6.07) is 0.663. The predicted molar refractivity (Wildman–Crippen MR) is 67.8 cm³/mol. The molecule has 0 bridgehead atoms. The van der Waals surface area contributed by atoms with Gasteiger partial charge in [0.1, 0.15) is 11.6 Å². The van der Waals surface area contributed by atoms with Gasteiger partial charge in [-0.05, 0) is 28.4 Å². The molecule has 2 unspecified atom stereocenters. The van der Waals surface area contributed by atoms with Crippen molar-refractivity contribution in [2.45, 2.75) is 31.7 Å². The van der Waals surface area contributed by atoms with Crippen LogP contribution in [0, 0.1) is 5.82 Å². The molecule has 0 saturated carbocycles. The molecular weight excluding hydrogens is 353 g/mol. The molecule has 0 aliphatic heterocycles. The number of rotatable bonds is 4. The predicted octanol–water partition coefficient (Wildman–Crippen LogP) is 4.29. The number of alkyl halides is 3. The molecule has 2 atom stereocenters. The quantitative estimate of drug-likeness (QED) is 0.639. The monoisotopic (exact) mass is 363 g/mol. The maximum Gasteiger partial charge on any atom is 0.426 e. The minimum absolute atomic E-state index is 0.0673. The Balaban J connectivity index is 3.07. The van der Waals surface area contributed by atoms with Crippen LogP contribution in [0.5, 0.6) is 5.75 Å². The molecule has 0 fully saturated rings. The summed E-state index contributed by atoms with van der Waals surface area (Å²) in [5, 5.41) is -0.220. The molecule has 8 heteroatoms. The highest BCUT2D eigenvalue weighted by molar-refractivity contribution is 9.10. The van der Waals surface area contributed by atoms with E-state index in [1.165, 1.54) is 6.92 Å². The van der Waals surface area contributed by atoms with Gasteiger partial charge in [0.15, 0.2) is 0 Å². The smallest absolute Gasteiger partial charge is 0.426 e. The van der Waals surface area contributed by atoms with Gasteiger partial charge in [-0.25, -0.2) is 4.39 Å². The molecule has 1 aromatic rings. The molecule has 0 aliphatic carbocycles. The van der Waals surface area contributed by atoms with Gasteiger partial charge in [-0.2, -0.15) is 13.2 Å². The van der Waals surface area contributed by atoms with E-state index < -0.39 is 24.1 Å². The van der Waals surface area contributed by atoms with E-state index in [1.54, 1.807) is 0 Å². The topological polar surface area (TPSA) is 35.2 Å². The number of ether oxygens (including phenoxy) is 1. The van der Waals surface area contributed by atoms with E-state index in [1.807, 2.05) is 0 Å². The van der Waals surface area contributed by atoms with E-state index in [0.717, 1.165) is 12.1 Å². The van der Waals surface area contributed by atoms with Gasteiger partial charge < -0.3 is 10.5 Å². The molecule has 0 heterocycles. The Morgan fingerprint density at radius 2 is 2.00 bits per heavy atom. The summed E-state index contributed by atoms with van der Waals surface area (Å²) in [6.45, 7) is 1.50. The lowest BCUT2D eigenvalue weighted by molar-refractivity contribution is -0.201. The summed E-state index contributed by atoms with van der Waals surface area (Å²) in [6.07, 6.45) is -6.79. The second kappa shape index (κ2) is 6.28. The van der Waals surface area contributed by atoms with Gasteiger partial charge in [-0.15, -0.1) is 0 Å². The van der Waals surface area contributed by atoms with E-state index in [4.69, 9.17) is 22.1 Å². The van der Waals surface area contributed by atoms with Crippen LogP contribution in [0.4, 0.5) is 17.6 Å². The summed E-state index contributed by atoms with van der Waals surface area (Å²) >= 11 is 8.46. The maximum atomic E-state index is 13.2. The molecular formula is C11H11BrClF4NO. The second-order valence-corrected chi connectivity index (χ2v) is 5.11. The standard InChI is InChI=1S/C11H11BrClF4NO/c1-2-8(18)10(11(15,16)17)19-9-4-7(14)6(13)3-5(9)12/h3-4,8,10H,2,18H2,1H3. The lowest BCUT2D eigenvalue weighted by Gasteiger charge is -2.26. The third-order valence-electron chi connectivity index (χ3n) is 2.41. The number of hydrogen-bond acceptors (Lipinski definition) is 2. The second-order valence-electron chi connectivity index (χ2n) is 3.85. The van der Waals surface area contributed by atoms with Gasteiger partial charge in [-0.1, -0.05) is 18.5 Å². The van der Waals surface area contributed by atoms with Crippen molar-refractivity contribution in [3.05, 3.63) is 27.4 Å². The zero-order valence-corrected chi connectivity index (χ0v) is 12.1. The summed E-state index contributed by atoms with van der Waals surface area (Å²) in [7, 11) is 0. The van der Waals surface area contributed by atoms with E-state index in [9.17, 15) is 17.6 Å². The normalized spacial score (nSPS) is 15.2. The van der Waals surface area contributed by atoms with Gasteiger partial charge >= 0.3 is 6.18 Å². The molecule has 0 spiro atoms. The molecule has 0 radical (unpaired) electrons. The molecule has 1 rings (SSSR count). The van der Waals surface area contributed by atoms with E-state index >= 15 is 0 Å². The molecule has 1 aromatic carbocycles. The van der Waals surface area contributed by atoms with E-state index in [0.29, 0.717) is 0 Å². The van der Waals surface area contributed by atoms with Crippen LogP contribution in [-0.2, 0) is 0 Å². The minimum Gasteiger partial charge on any atom is -0.478 e. The number of halogens is 6. The zero-order valence-electron chi connectivity index (χ0n) is 9.77. The van der Waals surface area contributed by atoms with Crippen LogP contribution in [0.1, 0.15) is 13.3 Å². The van der Waals surface area contributed by atoms with Crippen molar-refractivity contribution < 1.29 is 22.3 Å². The Hall–Kier alpha value is -0.530. The van der Waals surface area contributed by atoms with E-state index in [2.05, 4.69) is 15.9 Å².